The third-order valence-electron chi connectivity index (χ3n) is 5.44. The molecule has 216 valence electrons. The first-order chi connectivity index (χ1) is 17.5. The molecule has 2 atom stereocenters. The zero-order chi connectivity index (χ0) is 29.1. The van der Waals surface area contributed by atoms with Crippen molar-refractivity contribution in [2.45, 2.75) is 37.9 Å². The number of likely N-dealkylation sites (tertiary alicyclic amines) is 1. The van der Waals surface area contributed by atoms with E-state index in [2.05, 4.69) is 4.98 Å². The Morgan fingerprint density at radius 2 is 1.74 bits per heavy atom. The molecule has 2 N–H and O–H groups in total. The lowest BCUT2D eigenvalue weighted by Gasteiger charge is -2.43. The van der Waals surface area contributed by atoms with Crippen molar-refractivity contribution in [2.75, 3.05) is 46.9 Å². The molecule has 0 spiro atoms. The number of piperidine rings is 1. The maximum atomic E-state index is 12.4. The minimum Gasteiger partial charge on any atom is -0.475 e. The molecule has 0 aliphatic carbocycles. The number of pyridine rings is 1. The molecule has 1 aromatic rings. The Balaban J connectivity index is 0.000000426. The second-order valence-corrected chi connectivity index (χ2v) is 8.77. The zero-order valence-corrected chi connectivity index (χ0v) is 20.6. The summed E-state index contributed by atoms with van der Waals surface area (Å²) in [5, 5.41) is 14.2. The van der Waals surface area contributed by atoms with E-state index in [4.69, 9.17) is 29.3 Å². The molecule has 0 bridgehead atoms. The molecule has 16 heteroatoms. The predicted molar refractivity (Wildman–Crippen MR) is 118 cm³/mol. The maximum absolute atomic E-state index is 12.4. The highest BCUT2D eigenvalue weighted by atomic mass is 19.4. The number of hydrogen-bond acceptors (Lipinski definition) is 7. The highest BCUT2D eigenvalue weighted by Gasteiger charge is 2.49. The van der Waals surface area contributed by atoms with E-state index in [-0.39, 0.29) is 17.4 Å². The number of carboxylic acid groups (broad SMARTS) is 2. The van der Waals surface area contributed by atoms with Gasteiger partial charge in [0.05, 0.1) is 25.9 Å². The van der Waals surface area contributed by atoms with Crippen LogP contribution in [-0.4, -0.2) is 108 Å². The number of amides is 1. The Bertz CT molecular complexity index is 891. The molecule has 2 fully saturated rings. The van der Waals surface area contributed by atoms with E-state index in [1.54, 1.807) is 6.20 Å². The van der Waals surface area contributed by atoms with Gasteiger partial charge in [0.15, 0.2) is 0 Å². The fourth-order valence-corrected chi connectivity index (χ4v) is 3.69. The van der Waals surface area contributed by atoms with Gasteiger partial charge in [-0.2, -0.15) is 26.3 Å². The number of carboxylic acids is 2. The molecular formula is C22H29F6N3O7. The lowest BCUT2D eigenvalue weighted by Crippen LogP contribution is -2.54. The first-order valence-corrected chi connectivity index (χ1v) is 11.1. The van der Waals surface area contributed by atoms with Gasteiger partial charge in [0.25, 0.3) is 0 Å². The number of rotatable bonds is 6. The molecule has 0 saturated carbocycles. The minimum atomic E-state index is -5.08. The van der Waals surface area contributed by atoms with Gasteiger partial charge in [-0.05, 0) is 38.6 Å². The van der Waals surface area contributed by atoms with Crippen LogP contribution in [0.1, 0.15) is 18.4 Å². The fourth-order valence-electron chi connectivity index (χ4n) is 3.69. The second-order valence-electron chi connectivity index (χ2n) is 8.77. The highest BCUT2D eigenvalue weighted by Crippen LogP contribution is 2.41. The molecule has 2 aliphatic heterocycles. The van der Waals surface area contributed by atoms with E-state index in [0.717, 1.165) is 38.1 Å². The standard InChI is InChI=1S/C18H27N3O3.2C2HF3O2/c1-20(2)11-17(22)21-8-5-16-18(13-21,6-9-24-16)14-23-12-15-4-3-7-19-10-15;2*3-2(4,5)1(6)7/h3-4,7,10,16H,5-6,8-9,11-14H2,1-2H3;2*(H,6,7)/t16-,18+;;/m1../s1. The number of fused-ring (bicyclic) bond motifs is 1. The molecule has 10 nitrogen and oxygen atoms in total. The van der Waals surface area contributed by atoms with Crippen molar-refractivity contribution in [1.82, 2.24) is 14.8 Å². The van der Waals surface area contributed by atoms with Crippen LogP contribution < -0.4 is 0 Å². The SMILES string of the molecule is CN(C)CC(=O)N1CC[C@H]2OCC[C@@]2(COCc2cccnc2)C1.O=C(O)C(F)(F)F.O=C(O)C(F)(F)F. The van der Waals surface area contributed by atoms with Gasteiger partial charge in [0.1, 0.15) is 0 Å². The van der Waals surface area contributed by atoms with Gasteiger partial charge in [0, 0.05) is 37.5 Å². The number of alkyl halides is 6. The number of aliphatic carboxylic acids is 2. The molecule has 0 radical (unpaired) electrons. The van der Waals surface area contributed by atoms with E-state index < -0.39 is 24.3 Å². The first-order valence-electron chi connectivity index (χ1n) is 11.1. The van der Waals surface area contributed by atoms with Crippen molar-refractivity contribution in [3.05, 3.63) is 30.1 Å². The molecule has 0 unspecified atom stereocenters. The fraction of sp³-hybridized carbons (Fsp3) is 0.636. The van der Waals surface area contributed by atoms with Crippen molar-refractivity contribution in [3.63, 3.8) is 0 Å². The molecule has 3 heterocycles. The molecule has 3 rings (SSSR count). The number of halogens is 6. The Kier molecular flexibility index (Phi) is 12.4. The Labute approximate surface area is 214 Å². The summed E-state index contributed by atoms with van der Waals surface area (Å²) in [6.45, 7) is 3.90. The number of nitrogens with zero attached hydrogens (tertiary/aromatic N) is 3. The monoisotopic (exact) mass is 561 g/mol. The van der Waals surface area contributed by atoms with E-state index in [9.17, 15) is 31.1 Å². The van der Waals surface area contributed by atoms with Crippen molar-refractivity contribution < 1.29 is 60.4 Å². The van der Waals surface area contributed by atoms with Crippen LogP contribution in [0.5, 0.6) is 0 Å². The second kappa shape index (κ2) is 14.2. The van der Waals surface area contributed by atoms with Crippen LogP contribution in [0.4, 0.5) is 26.3 Å². The van der Waals surface area contributed by atoms with E-state index in [0.29, 0.717) is 19.8 Å². The van der Waals surface area contributed by atoms with Gasteiger partial charge in [-0.3, -0.25) is 9.78 Å². The van der Waals surface area contributed by atoms with Gasteiger partial charge in [-0.25, -0.2) is 9.59 Å². The maximum Gasteiger partial charge on any atom is 0.490 e. The molecule has 2 aliphatic rings. The van der Waals surface area contributed by atoms with Gasteiger partial charge in [0.2, 0.25) is 5.91 Å². The highest BCUT2D eigenvalue weighted by molar-refractivity contribution is 5.78. The van der Waals surface area contributed by atoms with Crippen LogP contribution in [-0.2, 0) is 30.5 Å². The quantitative estimate of drug-likeness (QED) is 0.503. The van der Waals surface area contributed by atoms with Crippen molar-refractivity contribution >= 4 is 17.8 Å². The van der Waals surface area contributed by atoms with Crippen LogP contribution in [0.3, 0.4) is 0 Å². The van der Waals surface area contributed by atoms with Crippen LogP contribution >= 0.6 is 0 Å². The molecular weight excluding hydrogens is 532 g/mol. The smallest absolute Gasteiger partial charge is 0.475 e. The number of hydrogen-bond donors (Lipinski definition) is 2. The van der Waals surface area contributed by atoms with Crippen molar-refractivity contribution in [2.24, 2.45) is 5.41 Å². The zero-order valence-electron chi connectivity index (χ0n) is 20.6. The van der Waals surface area contributed by atoms with Gasteiger partial charge in [-0.15, -0.1) is 0 Å². The number of carbonyl (C=O) groups excluding carboxylic acids is 1. The van der Waals surface area contributed by atoms with Crippen molar-refractivity contribution in [1.29, 1.82) is 0 Å². The lowest BCUT2D eigenvalue weighted by atomic mass is 9.77. The van der Waals surface area contributed by atoms with Crippen LogP contribution in [0.15, 0.2) is 24.5 Å². The van der Waals surface area contributed by atoms with E-state index in [1.165, 1.54) is 0 Å². The topological polar surface area (TPSA) is 130 Å². The summed E-state index contributed by atoms with van der Waals surface area (Å²) >= 11 is 0. The van der Waals surface area contributed by atoms with Crippen molar-refractivity contribution in [3.8, 4) is 0 Å². The van der Waals surface area contributed by atoms with E-state index in [1.807, 2.05) is 42.2 Å². The number of ether oxygens (including phenoxy) is 2. The van der Waals surface area contributed by atoms with Crippen LogP contribution in [0.25, 0.3) is 0 Å². The molecule has 0 aromatic carbocycles. The van der Waals surface area contributed by atoms with E-state index >= 15 is 0 Å². The summed E-state index contributed by atoms with van der Waals surface area (Å²) in [5.74, 6) is -5.32. The average Bonchev–Trinajstić information content (AvgIpc) is 3.22. The minimum absolute atomic E-state index is 0.0670. The normalized spacial score (nSPS) is 21.0. The summed E-state index contributed by atoms with van der Waals surface area (Å²) in [5.41, 5.74) is 1.00. The Hall–Kier alpha value is -2.98. The lowest BCUT2D eigenvalue weighted by molar-refractivity contribution is -0.193. The summed E-state index contributed by atoms with van der Waals surface area (Å²) in [6.07, 6.45) is -4.52. The summed E-state index contributed by atoms with van der Waals surface area (Å²) in [4.78, 5) is 38.2. The van der Waals surface area contributed by atoms with Gasteiger partial charge in [-0.1, -0.05) is 6.07 Å². The molecule has 2 saturated heterocycles. The van der Waals surface area contributed by atoms with Gasteiger partial charge >= 0.3 is 24.3 Å². The average molecular weight is 561 g/mol. The summed E-state index contributed by atoms with van der Waals surface area (Å²) in [6, 6.07) is 3.93. The third kappa shape index (κ3) is 11.2. The third-order valence-corrected chi connectivity index (χ3v) is 5.44. The molecule has 1 aromatic heterocycles. The molecule has 1 amide bonds. The van der Waals surface area contributed by atoms with Crippen LogP contribution in [0.2, 0.25) is 0 Å². The van der Waals surface area contributed by atoms with Crippen LogP contribution in [0, 0.1) is 5.41 Å². The predicted octanol–water partition coefficient (Wildman–Crippen LogP) is 2.43. The Morgan fingerprint density at radius 1 is 1.16 bits per heavy atom. The number of likely N-dealkylation sites (N-methyl/N-ethyl adjacent to an activating group) is 1. The number of carbonyl (C=O) groups is 3. The first kappa shape index (κ1) is 33.0. The molecule has 38 heavy (non-hydrogen) atoms. The largest absolute Gasteiger partial charge is 0.490 e. The summed E-state index contributed by atoms with van der Waals surface area (Å²) in [7, 11) is 3.85. The number of aromatic nitrogens is 1. The summed E-state index contributed by atoms with van der Waals surface area (Å²) < 4.78 is 75.4. The Morgan fingerprint density at radius 3 is 2.21 bits per heavy atom. The van der Waals surface area contributed by atoms with Gasteiger partial charge < -0.3 is 29.5 Å².